The normalized spacial score (nSPS) is 10.3. The minimum absolute atomic E-state index is 0.439. The molecule has 0 bridgehead atoms. The largest absolute Gasteiger partial charge is 0.335 e. The van der Waals surface area contributed by atoms with Gasteiger partial charge in [0, 0.05) is 12.3 Å². The van der Waals surface area contributed by atoms with Gasteiger partial charge >= 0.3 is 0 Å². The minimum Gasteiger partial charge on any atom is -0.335 e. The summed E-state index contributed by atoms with van der Waals surface area (Å²) >= 11 is 10.3. The molecule has 62 valence electrons. The average molecular weight is 193 g/mol. The standard InChI is InChI=1S/C5H9ClN4S/c6-3-1-2-4-8-9-5(11)10(4)7/h1-3,7H2,(H,9,11). The third kappa shape index (κ3) is 1.94. The molecule has 1 rings (SSSR count). The van der Waals surface area contributed by atoms with E-state index in [9.17, 15) is 0 Å². The third-order valence-electron chi connectivity index (χ3n) is 1.31. The van der Waals surface area contributed by atoms with Gasteiger partial charge in [-0.1, -0.05) is 0 Å². The Morgan fingerprint density at radius 3 is 2.91 bits per heavy atom. The lowest BCUT2D eigenvalue weighted by molar-refractivity contribution is 0.786. The molecule has 1 aromatic heterocycles. The zero-order valence-corrected chi connectivity index (χ0v) is 7.45. The van der Waals surface area contributed by atoms with E-state index >= 15 is 0 Å². The average Bonchev–Trinajstić information content (AvgIpc) is 2.31. The van der Waals surface area contributed by atoms with Gasteiger partial charge < -0.3 is 5.84 Å². The number of hydrogen-bond acceptors (Lipinski definition) is 3. The Bertz CT molecular complexity index is 278. The van der Waals surface area contributed by atoms with Gasteiger partial charge in [-0.3, -0.25) is 5.10 Å². The molecule has 0 saturated heterocycles. The monoisotopic (exact) mass is 192 g/mol. The molecule has 1 heterocycles. The Labute approximate surface area is 74.3 Å². The van der Waals surface area contributed by atoms with E-state index in [1.807, 2.05) is 0 Å². The van der Waals surface area contributed by atoms with Crippen molar-refractivity contribution in [3.63, 3.8) is 0 Å². The number of nitrogens with one attached hydrogen (secondary N) is 1. The molecule has 0 aliphatic carbocycles. The van der Waals surface area contributed by atoms with E-state index in [2.05, 4.69) is 10.2 Å². The van der Waals surface area contributed by atoms with Crippen molar-refractivity contribution in [3.8, 4) is 0 Å². The Kier molecular flexibility index (Phi) is 2.90. The lowest BCUT2D eigenvalue weighted by atomic mass is 10.3. The maximum absolute atomic E-state index is 5.52. The molecule has 11 heavy (non-hydrogen) atoms. The highest BCUT2D eigenvalue weighted by Crippen LogP contribution is 1.97. The summed E-state index contributed by atoms with van der Waals surface area (Å²) in [5.74, 6) is 6.88. The smallest absolute Gasteiger partial charge is 0.214 e. The van der Waals surface area contributed by atoms with Crippen LogP contribution in [0.1, 0.15) is 12.2 Å². The number of alkyl halides is 1. The van der Waals surface area contributed by atoms with E-state index in [1.54, 1.807) is 0 Å². The number of H-pyrrole nitrogens is 1. The number of halogens is 1. The summed E-state index contributed by atoms with van der Waals surface area (Å²) in [6.45, 7) is 0. The lowest BCUT2D eigenvalue weighted by Crippen LogP contribution is -2.12. The van der Waals surface area contributed by atoms with Gasteiger partial charge in [-0.2, -0.15) is 5.10 Å². The summed E-state index contributed by atoms with van der Waals surface area (Å²) in [6.07, 6.45) is 1.62. The molecule has 4 nitrogen and oxygen atoms in total. The molecule has 0 aliphatic rings. The summed E-state index contributed by atoms with van der Waals surface area (Å²) in [7, 11) is 0. The summed E-state index contributed by atoms with van der Waals surface area (Å²) in [5, 5.41) is 6.51. The zero-order valence-electron chi connectivity index (χ0n) is 5.88. The molecule has 0 radical (unpaired) electrons. The molecule has 0 amide bonds. The molecule has 0 aliphatic heterocycles. The van der Waals surface area contributed by atoms with Gasteiger partial charge in [0.1, 0.15) is 0 Å². The molecule has 3 N–H and O–H groups in total. The van der Waals surface area contributed by atoms with Crippen LogP contribution in [0.25, 0.3) is 0 Å². The molecule has 0 spiro atoms. The summed E-state index contributed by atoms with van der Waals surface area (Å²) < 4.78 is 1.80. The minimum atomic E-state index is 0.439. The number of nitrogens with two attached hydrogens (primary N) is 1. The fraction of sp³-hybridized carbons (Fsp3) is 0.600. The molecule has 1 aromatic rings. The predicted octanol–water partition coefficient (Wildman–Crippen LogP) is 0.826. The summed E-state index contributed by atoms with van der Waals surface area (Å²) in [5.41, 5.74) is 0. The van der Waals surface area contributed by atoms with Crippen molar-refractivity contribution in [3.05, 3.63) is 10.6 Å². The van der Waals surface area contributed by atoms with Crippen LogP contribution in [-0.2, 0) is 6.42 Å². The van der Waals surface area contributed by atoms with Crippen LogP contribution in [0.4, 0.5) is 0 Å². The highest BCUT2D eigenvalue weighted by molar-refractivity contribution is 7.71. The van der Waals surface area contributed by atoms with Crippen LogP contribution in [0, 0.1) is 4.77 Å². The van der Waals surface area contributed by atoms with Gasteiger partial charge in [0.15, 0.2) is 5.82 Å². The Hall–Kier alpha value is -0.550. The van der Waals surface area contributed by atoms with E-state index in [1.165, 1.54) is 4.68 Å². The fourth-order valence-electron chi connectivity index (χ4n) is 0.739. The third-order valence-corrected chi connectivity index (χ3v) is 1.87. The van der Waals surface area contributed by atoms with Crippen molar-refractivity contribution < 1.29 is 0 Å². The fourth-order valence-corrected chi connectivity index (χ4v) is 1.02. The van der Waals surface area contributed by atoms with Crippen LogP contribution < -0.4 is 5.84 Å². The second-order valence-corrected chi connectivity index (χ2v) is 2.87. The Morgan fingerprint density at radius 1 is 1.73 bits per heavy atom. The zero-order chi connectivity index (χ0) is 8.27. The van der Waals surface area contributed by atoms with Crippen molar-refractivity contribution in [2.45, 2.75) is 12.8 Å². The van der Waals surface area contributed by atoms with Crippen LogP contribution >= 0.6 is 23.8 Å². The van der Waals surface area contributed by atoms with E-state index in [0.717, 1.165) is 18.7 Å². The van der Waals surface area contributed by atoms with E-state index in [-0.39, 0.29) is 0 Å². The first kappa shape index (κ1) is 8.55. The molecule has 0 fully saturated rings. The number of aromatic nitrogens is 3. The van der Waals surface area contributed by atoms with Crippen LogP contribution in [-0.4, -0.2) is 20.8 Å². The van der Waals surface area contributed by atoms with Gasteiger partial charge in [0.25, 0.3) is 0 Å². The number of aromatic amines is 1. The molecule has 0 aromatic carbocycles. The van der Waals surface area contributed by atoms with E-state index < -0.39 is 0 Å². The number of aryl methyl sites for hydroxylation is 1. The summed E-state index contributed by atoms with van der Waals surface area (Å²) in [4.78, 5) is 0. The van der Waals surface area contributed by atoms with E-state index in [0.29, 0.717) is 10.7 Å². The van der Waals surface area contributed by atoms with Crippen molar-refractivity contribution >= 4 is 23.8 Å². The highest BCUT2D eigenvalue weighted by atomic mass is 35.5. The van der Waals surface area contributed by atoms with Crippen LogP contribution in [0.3, 0.4) is 0 Å². The molecule has 0 unspecified atom stereocenters. The second kappa shape index (κ2) is 3.73. The van der Waals surface area contributed by atoms with Gasteiger partial charge in [0.2, 0.25) is 4.77 Å². The SMILES string of the molecule is Nn1c(CCCCl)n[nH]c1=S. The van der Waals surface area contributed by atoms with Gasteiger partial charge in [-0.05, 0) is 18.6 Å². The van der Waals surface area contributed by atoms with E-state index in [4.69, 9.17) is 29.7 Å². The van der Waals surface area contributed by atoms with Gasteiger partial charge in [-0.25, -0.2) is 4.68 Å². The predicted molar refractivity (Wildman–Crippen MR) is 46.6 cm³/mol. The Balaban J connectivity index is 2.71. The van der Waals surface area contributed by atoms with Crippen molar-refractivity contribution in [1.82, 2.24) is 14.9 Å². The van der Waals surface area contributed by atoms with Gasteiger partial charge in [-0.15, -0.1) is 11.6 Å². The van der Waals surface area contributed by atoms with Crippen LogP contribution in [0.15, 0.2) is 0 Å². The van der Waals surface area contributed by atoms with Crippen LogP contribution in [0.2, 0.25) is 0 Å². The first-order valence-corrected chi connectivity index (χ1v) is 4.17. The number of rotatable bonds is 3. The number of nitrogens with zero attached hydrogens (tertiary/aromatic N) is 2. The van der Waals surface area contributed by atoms with Crippen molar-refractivity contribution in [2.24, 2.45) is 0 Å². The van der Waals surface area contributed by atoms with Crippen LogP contribution in [0.5, 0.6) is 0 Å². The van der Waals surface area contributed by atoms with Crippen molar-refractivity contribution in [1.29, 1.82) is 0 Å². The topological polar surface area (TPSA) is 59.6 Å². The first-order valence-electron chi connectivity index (χ1n) is 3.23. The second-order valence-electron chi connectivity index (χ2n) is 2.11. The number of hydrogen-bond donors (Lipinski definition) is 2. The van der Waals surface area contributed by atoms with Gasteiger partial charge in [0.05, 0.1) is 0 Å². The quantitative estimate of drug-likeness (QED) is 0.424. The molecular formula is C5H9ClN4S. The molecular weight excluding hydrogens is 184 g/mol. The Morgan fingerprint density at radius 2 is 2.45 bits per heavy atom. The van der Waals surface area contributed by atoms with Crippen molar-refractivity contribution in [2.75, 3.05) is 11.7 Å². The highest BCUT2D eigenvalue weighted by Gasteiger charge is 2.00. The first-order chi connectivity index (χ1) is 5.25. The molecule has 0 saturated carbocycles. The maximum Gasteiger partial charge on any atom is 0.214 e. The summed E-state index contributed by atoms with van der Waals surface area (Å²) in [6, 6.07) is 0. The maximum atomic E-state index is 5.52. The molecule has 6 heteroatoms. The molecule has 0 atom stereocenters. The lowest BCUT2D eigenvalue weighted by Gasteiger charge is -1.95. The number of nitrogen functional groups attached to an aromatic ring is 1.